The van der Waals surface area contributed by atoms with E-state index in [-0.39, 0.29) is 24.0 Å². The number of rotatable bonds is 7. The number of nitrogens with zero attached hydrogens (tertiary/aromatic N) is 1. The van der Waals surface area contributed by atoms with Gasteiger partial charge in [0.25, 0.3) is 0 Å². The zero-order valence-electron chi connectivity index (χ0n) is 13.4. The molecule has 0 saturated heterocycles. The second-order valence-corrected chi connectivity index (χ2v) is 6.12. The van der Waals surface area contributed by atoms with Crippen molar-refractivity contribution in [3.8, 4) is 0 Å². The first-order valence-electron chi connectivity index (χ1n) is 7.17. The number of halogens is 1. The molecule has 0 aromatic heterocycles. The summed E-state index contributed by atoms with van der Waals surface area (Å²) in [5.41, 5.74) is 1.38. The van der Waals surface area contributed by atoms with Gasteiger partial charge in [0, 0.05) is 31.8 Å². The summed E-state index contributed by atoms with van der Waals surface area (Å²) in [5, 5.41) is 6.77. The van der Waals surface area contributed by atoms with E-state index in [1.807, 2.05) is 18.8 Å². The van der Waals surface area contributed by atoms with Crippen LogP contribution in [-0.2, 0) is 0 Å². The van der Waals surface area contributed by atoms with Crippen LogP contribution in [0.2, 0.25) is 0 Å². The minimum Gasteiger partial charge on any atom is -0.356 e. The van der Waals surface area contributed by atoms with Crippen LogP contribution < -0.4 is 10.6 Å². The fourth-order valence-electron chi connectivity index (χ4n) is 2.14. The molecule has 0 saturated carbocycles. The minimum absolute atomic E-state index is 0. The monoisotopic (exact) mass is 421 g/mol. The molecule has 0 radical (unpaired) electrons. The number of nitrogens with one attached hydrogen (secondary N) is 2. The smallest absolute Gasteiger partial charge is 0.191 e. The molecule has 0 spiro atoms. The highest BCUT2D eigenvalue weighted by molar-refractivity contribution is 14.0. The normalized spacial score (nSPS) is 12.7. The van der Waals surface area contributed by atoms with Crippen LogP contribution in [0, 0.1) is 5.92 Å². The van der Waals surface area contributed by atoms with E-state index in [4.69, 9.17) is 0 Å². The maximum atomic E-state index is 4.27. The Balaban J connectivity index is 0.00000400. The highest BCUT2D eigenvalue weighted by atomic mass is 127. The van der Waals surface area contributed by atoms with Gasteiger partial charge in [0.15, 0.2) is 5.96 Å². The van der Waals surface area contributed by atoms with Gasteiger partial charge >= 0.3 is 0 Å². The predicted molar refractivity (Wildman–Crippen MR) is 107 cm³/mol. The molecule has 2 N–H and O–H groups in total. The Kier molecular flexibility index (Phi) is 11.9. The van der Waals surface area contributed by atoms with Crippen molar-refractivity contribution in [3.05, 3.63) is 35.9 Å². The maximum Gasteiger partial charge on any atom is 0.191 e. The molecule has 0 aliphatic heterocycles. The first kappa shape index (κ1) is 20.6. The van der Waals surface area contributed by atoms with Crippen LogP contribution in [0.3, 0.4) is 0 Å². The Labute approximate surface area is 150 Å². The second kappa shape index (κ2) is 12.1. The van der Waals surface area contributed by atoms with Gasteiger partial charge in [-0.3, -0.25) is 4.99 Å². The third-order valence-electron chi connectivity index (χ3n) is 3.34. The first-order valence-corrected chi connectivity index (χ1v) is 8.56. The molecule has 0 aliphatic rings. The molecule has 0 amide bonds. The van der Waals surface area contributed by atoms with Gasteiger partial charge in [0.1, 0.15) is 0 Å². The van der Waals surface area contributed by atoms with Gasteiger partial charge in [-0.15, -0.1) is 24.0 Å². The van der Waals surface area contributed by atoms with Crippen LogP contribution in [0.1, 0.15) is 25.3 Å². The van der Waals surface area contributed by atoms with Gasteiger partial charge in [0.05, 0.1) is 0 Å². The summed E-state index contributed by atoms with van der Waals surface area (Å²) in [4.78, 5) is 4.27. The molecule has 1 aromatic rings. The maximum absolute atomic E-state index is 4.27. The van der Waals surface area contributed by atoms with Crippen LogP contribution in [0.25, 0.3) is 0 Å². The summed E-state index contributed by atoms with van der Waals surface area (Å²) in [6.07, 6.45) is 2.11. The molecule has 1 unspecified atom stereocenters. The van der Waals surface area contributed by atoms with E-state index in [9.17, 15) is 0 Å². The number of benzene rings is 1. The number of aliphatic imine (C=N–C) groups is 1. The van der Waals surface area contributed by atoms with Gasteiger partial charge in [-0.1, -0.05) is 44.2 Å². The molecular weight excluding hydrogens is 393 g/mol. The average molecular weight is 421 g/mol. The highest BCUT2D eigenvalue weighted by Gasteiger charge is 2.15. The van der Waals surface area contributed by atoms with E-state index < -0.39 is 0 Å². The minimum atomic E-state index is 0. The summed E-state index contributed by atoms with van der Waals surface area (Å²) in [6.45, 7) is 6.38. The molecule has 3 nitrogen and oxygen atoms in total. The molecule has 1 atom stereocenters. The Hall–Kier alpha value is -0.430. The Morgan fingerprint density at radius 2 is 1.86 bits per heavy atom. The van der Waals surface area contributed by atoms with Gasteiger partial charge in [-0.2, -0.15) is 11.8 Å². The summed E-state index contributed by atoms with van der Waals surface area (Å²) < 4.78 is 0. The van der Waals surface area contributed by atoms with Crippen molar-refractivity contribution in [2.45, 2.75) is 19.8 Å². The van der Waals surface area contributed by atoms with E-state index >= 15 is 0 Å². The summed E-state index contributed by atoms with van der Waals surface area (Å²) in [5.74, 6) is 3.07. The predicted octanol–water partition coefficient (Wildman–Crippen LogP) is 3.57. The third kappa shape index (κ3) is 7.95. The van der Waals surface area contributed by atoms with E-state index in [1.54, 1.807) is 0 Å². The van der Waals surface area contributed by atoms with E-state index in [0.29, 0.717) is 11.8 Å². The van der Waals surface area contributed by atoms with E-state index in [0.717, 1.165) is 24.8 Å². The third-order valence-corrected chi connectivity index (χ3v) is 3.96. The Bertz CT molecular complexity index is 396. The van der Waals surface area contributed by atoms with Crippen molar-refractivity contribution in [2.24, 2.45) is 10.9 Å². The van der Waals surface area contributed by atoms with Crippen molar-refractivity contribution in [2.75, 3.05) is 32.1 Å². The largest absolute Gasteiger partial charge is 0.356 e. The van der Waals surface area contributed by atoms with Crippen molar-refractivity contribution in [1.82, 2.24) is 10.6 Å². The molecule has 21 heavy (non-hydrogen) atoms. The lowest BCUT2D eigenvalue weighted by Gasteiger charge is -2.23. The summed E-state index contributed by atoms with van der Waals surface area (Å²) in [6, 6.07) is 10.7. The summed E-state index contributed by atoms with van der Waals surface area (Å²) in [7, 11) is 1.82. The molecule has 1 rings (SSSR count). The van der Waals surface area contributed by atoms with Gasteiger partial charge < -0.3 is 10.6 Å². The standard InChI is InChI=1S/C16H27N3S.HI/c1-13(2)15(14-8-6-5-7-9-14)12-19-16(17-3)18-10-11-20-4;/h5-9,13,15H,10-12H2,1-4H3,(H2,17,18,19);1H. The van der Waals surface area contributed by atoms with Crippen molar-refractivity contribution in [1.29, 1.82) is 0 Å². The van der Waals surface area contributed by atoms with Crippen LogP contribution in [-0.4, -0.2) is 38.1 Å². The van der Waals surface area contributed by atoms with Crippen LogP contribution >= 0.6 is 35.7 Å². The fraction of sp³-hybridized carbons (Fsp3) is 0.562. The topological polar surface area (TPSA) is 36.4 Å². The number of hydrogen-bond acceptors (Lipinski definition) is 2. The Morgan fingerprint density at radius 3 is 2.38 bits per heavy atom. The molecule has 0 bridgehead atoms. The quantitative estimate of drug-likeness (QED) is 0.306. The number of thioether (sulfide) groups is 1. The van der Waals surface area contributed by atoms with Gasteiger partial charge in [-0.25, -0.2) is 0 Å². The molecule has 120 valence electrons. The fourth-order valence-corrected chi connectivity index (χ4v) is 2.44. The lowest BCUT2D eigenvalue weighted by Crippen LogP contribution is -2.40. The molecular formula is C16H28IN3S. The highest BCUT2D eigenvalue weighted by Crippen LogP contribution is 2.23. The lowest BCUT2D eigenvalue weighted by atomic mass is 9.88. The zero-order chi connectivity index (χ0) is 14.8. The van der Waals surface area contributed by atoms with Gasteiger partial charge in [-0.05, 0) is 17.7 Å². The van der Waals surface area contributed by atoms with Crippen molar-refractivity contribution in [3.63, 3.8) is 0 Å². The number of guanidine groups is 1. The average Bonchev–Trinajstić information content (AvgIpc) is 2.46. The van der Waals surface area contributed by atoms with Crippen LogP contribution in [0.5, 0.6) is 0 Å². The van der Waals surface area contributed by atoms with E-state index in [1.165, 1.54) is 5.56 Å². The van der Waals surface area contributed by atoms with Crippen LogP contribution in [0.4, 0.5) is 0 Å². The summed E-state index contributed by atoms with van der Waals surface area (Å²) >= 11 is 1.83. The molecule has 0 aliphatic carbocycles. The van der Waals surface area contributed by atoms with Crippen molar-refractivity contribution >= 4 is 41.7 Å². The van der Waals surface area contributed by atoms with Crippen LogP contribution in [0.15, 0.2) is 35.3 Å². The second-order valence-electron chi connectivity index (χ2n) is 5.13. The SMILES string of the molecule is CN=C(NCCSC)NCC(c1ccccc1)C(C)C.I. The zero-order valence-corrected chi connectivity index (χ0v) is 16.6. The van der Waals surface area contributed by atoms with Crippen molar-refractivity contribution < 1.29 is 0 Å². The lowest BCUT2D eigenvalue weighted by molar-refractivity contribution is 0.488. The van der Waals surface area contributed by atoms with Gasteiger partial charge in [0.2, 0.25) is 0 Å². The van der Waals surface area contributed by atoms with E-state index in [2.05, 4.69) is 66.1 Å². The Morgan fingerprint density at radius 1 is 1.19 bits per heavy atom. The molecule has 0 heterocycles. The first-order chi connectivity index (χ1) is 9.69. The molecule has 0 fully saturated rings. The number of hydrogen-bond donors (Lipinski definition) is 2. The molecule has 5 heteroatoms. The molecule has 1 aromatic carbocycles.